The van der Waals surface area contributed by atoms with Crippen molar-refractivity contribution < 1.29 is 4.74 Å². The molecule has 0 bridgehead atoms. The number of rotatable bonds is 4. The molecule has 1 unspecified atom stereocenters. The Kier molecular flexibility index (Phi) is 4.47. The Bertz CT molecular complexity index is 1370. The van der Waals surface area contributed by atoms with Gasteiger partial charge in [-0.25, -0.2) is 0 Å². The van der Waals surface area contributed by atoms with Crippen molar-refractivity contribution in [1.29, 1.82) is 0 Å². The molecule has 0 saturated heterocycles. The zero-order valence-corrected chi connectivity index (χ0v) is 17.3. The summed E-state index contributed by atoms with van der Waals surface area (Å²) in [5, 5.41) is 7.54. The zero-order chi connectivity index (χ0) is 20.6. The summed E-state index contributed by atoms with van der Waals surface area (Å²) in [6.07, 6.45) is 1.02. The van der Waals surface area contributed by atoms with E-state index in [-0.39, 0.29) is 6.04 Å². The average molecular weight is 405 g/mol. The smallest absolute Gasteiger partial charge is 0.120 e. The van der Waals surface area contributed by atoms with Crippen LogP contribution in [0.15, 0.2) is 91.0 Å². The standard InChI is InChI=1S/C28H24N2O/c1-2-6-19(7-3-1)18-31-23-12-13-26-25(17-23)24-14-15-29-27(28(24)30-26)22-11-10-20-8-4-5-9-21(20)16-22/h1-13,16-17,27,29-30H,14-15,18H2. The van der Waals surface area contributed by atoms with Crippen LogP contribution in [-0.4, -0.2) is 11.5 Å². The summed E-state index contributed by atoms with van der Waals surface area (Å²) in [4.78, 5) is 3.70. The van der Waals surface area contributed by atoms with Crippen LogP contribution in [-0.2, 0) is 13.0 Å². The second kappa shape index (κ2) is 7.60. The quantitative estimate of drug-likeness (QED) is 0.378. The van der Waals surface area contributed by atoms with Gasteiger partial charge in [0, 0.05) is 23.1 Å². The topological polar surface area (TPSA) is 37.0 Å². The first kappa shape index (κ1) is 18.2. The SMILES string of the molecule is c1ccc(COc2ccc3[nH]c4c(c3c2)CCNC4c2ccc3ccccc3c2)cc1. The van der Waals surface area contributed by atoms with Gasteiger partial charge in [-0.15, -0.1) is 0 Å². The number of ether oxygens (including phenoxy) is 1. The number of hydrogen-bond donors (Lipinski definition) is 2. The third-order valence-electron chi connectivity index (χ3n) is 6.28. The van der Waals surface area contributed by atoms with Gasteiger partial charge in [0.15, 0.2) is 0 Å². The molecule has 0 saturated carbocycles. The highest BCUT2D eigenvalue weighted by atomic mass is 16.5. The van der Waals surface area contributed by atoms with Crippen LogP contribution in [0, 0.1) is 0 Å². The predicted molar refractivity (Wildman–Crippen MR) is 127 cm³/mol. The monoisotopic (exact) mass is 404 g/mol. The van der Waals surface area contributed by atoms with Gasteiger partial charge in [-0.1, -0.05) is 66.7 Å². The molecule has 4 aromatic carbocycles. The van der Waals surface area contributed by atoms with Crippen LogP contribution in [0.3, 0.4) is 0 Å². The third-order valence-corrected chi connectivity index (χ3v) is 6.28. The molecule has 1 aliphatic rings. The summed E-state index contributed by atoms with van der Waals surface area (Å²) >= 11 is 0. The number of H-pyrrole nitrogens is 1. The fourth-order valence-corrected chi connectivity index (χ4v) is 4.71. The van der Waals surface area contributed by atoms with Crippen LogP contribution < -0.4 is 10.1 Å². The Balaban J connectivity index is 1.35. The van der Waals surface area contributed by atoms with Crippen LogP contribution in [0.2, 0.25) is 0 Å². The lowest BCUT2D eigenvalue weighted by molar-refractivity contribution is 0.306. The molecule has 6 rings (SSSR count). The summed E-state index contributed by atoms with van der Waals surface area (Å²) in [6, 6.07) is 32.2. The largest absolute Gasteiger partial charge is 0.489 e. The van der Waals surface area contributed by atoms with Crippen molar-refractivity contribution in [3.63, 3.8) is 0 Å². The van der Waals surface area contributed by atoms with Crippen molar-refractivity contribution >= 4 is 21.7 Å². The van der Waals surface area contributed by atoms with Gasteiger partial charge in [-0.2, -0.15) is 0 Å². The normalized spacial score (nSPS) is 15.8. The number of fused-ring (bicyclic) bond motifs is 4. The van der Waals surface area contributed by atoms with Crippen molar-refractivity contribution in [3.8, 4) is 5.75 Å². The summed E-state index contributed by atoms with van der Waals surface area (Å²) in [5.74, 6) is 0.916. The molecule has 0 spiro atoms. The van der Waals surface area contributed by atoms with Crippen molar-refractivity contribution in [2.24, 2.45) is 0 Å². The highest BCUT2D eigenvalue weighted by Gasteiger charge is 2.25. The van der Waals surface area contributed by atoms with Crippen LogP contribution >= 0.6 is 0 Å². The molecule has 5 aromatic rings. The van der Waals surface area contributed by atoms with Crippen LogP contribution in [0.1, 0.15) is 28.4 Å². The van der Waals surface area contributed by atoms with Crippen molar-refractivity contribution in [3.05, 3.63) is 113 Å². The molecule has 1 aliphatic heterocycles. The number of nitrogens with one attached hydrogen (secondary N) is 2. The highest BCUT2D eigenvalue weighted by Crippen LogP contribution is 2.36. The lowest BCUT2D eigenvalue weighted by Gasteiger charge is -2.25. The number of aromatic nitrogens is 1. The van der Waals surface area contributed by atoms with E-state index in [1.807, 2.05) is 18.2 Å². The molecule has 0 amide bonds. The summed E-state index contributed by atoms with van der Waals surface area (Å²) < 4.78 is 6.09. The number of benzene rings is 4. The molecule has 31 heavy (non-hydrogen) atoms. The van der Waals surface area contributed by atoms with Crippen molar-refractivity contribution in [1.82, 2.24) is 10.3 Å². The summed E-state index contributed by atoms with van der Waals surface area (Å²) in [7, 11) is 0. The van der Waals surface area contributed by atoms with E-state index in [9.17, 15) is 0 Å². The maximum absolute atomic E-state index is 6.09. The molecule has 2 N–H and O–H groups in total. The minimum absolute atomic E-state index is 0.175. The Morgan fingerprint density at radius 3 is 2.55 bits per heavy atom. The number of aromatic amines is 1. The molecule has 3 nitrogen and oxygen atoms in total. The van der Waals surface area contributed by atoms with Crippen LogP contribution in [0.25, 0.3) is 21.7 Å². The highest BCUT2D eigenvalue weighted by molar-refractivity contribution is 5.87. The van der Waals surface area contributed by atoms with Crippen LogP contribution in [0.5, 0.6) is 5.75 Å². The minimum Gasteiger partial charge on any atom is -0.489 e. The zero-order valence-electron chi connectivity index (χ0n) is 17.3. The number of hydrogen-bond acceptors (Lipinski definition) is 2. The summed E-state index contributed by atoms with van der Waals surface area (Å²) in [6.45, 7) is 1.55. The van der Waals surface area contributed by atoms with Gasteiger partial charge in [0.25, 0.3) is 0 Å². The molecule has 1 aromatic heterocycles. The van der Waals surface area contributed by atoms with Gasteiger partial charge in [-0.3, -0.25) is 0 Å². The summed E-state index contributed by atoms with van der Waals surface area (Å²) in [5.41, 5.74) is 6.33. The van der Waals surface area contributed by atoms with E-state index < -0.39 is 0 Å². The first-order valence-electron chi connectivity index (χ1n) is 10.9. The van der Waals surface area contributed by atoms with Gasteiger partial charge < -0.3 is 15.0 Å². The van der Waals surface area contributed by atoms with Gasteiger partial charge in [0.1, 0.15) is 12.4 Å². The third kappa shape index (κ3) is 3.37. The van der Waals surface area contributed by atoms with Crippen molar-refractivity contribution in [2.75, 3.05) is 6.54 Å². The van der Waals surface area contributed by atoms with E-state index in [1.165, 1.54) is 44.1 Å². The molecule has 152 valence electrons. The fourth-order valence-electron chi connectivity index (χ4n) is 4.71. The van der Waals surface area contributed by atoms with E-state index in [2.05, 4.69) is 83.1 Å². The predicted octanol–water partition coefficient (Wildman–Crippen LogP) is 6.14. The second-order valence-corrected chi connectivity index (χ2v) is 8.24. The molecule has 0 fully saturated rings. The molecule has 3 heteroatoms. The van der Waals surface area contributed by atoms with E-state index in [0.29, 0.717) is 6.61 Å². The average Bonchev–Trinajstić information content (AvgIpc) is 3.21. The van der Waals surface area contributed by atoms with E-state index in [4.69, 9.17) is 4.74 Å². The first-order valence-corrected chi connectivity index (χ1v) is 10.9. The second-order valence-electron chi connectivity index (χ2n) is 8.24. The Morgan fingerprint density at radius 1 is 0.806 bits per heavy atom. The molecule has 0 radical (unpaired) electrons. The minimum atomic E-state index is 0.175. The fraction of sp³-hybridized carbons (Fsp3) is 0.143. The maximum atomic E-state index is 6.09. The van der Waals surface area contributed by atoms with E-state index >= 15 is 0 Å². The molecule has 2 heterocycles. The van der Waals surface area contributed by atoms with E-state index in [0.717, 1.165) is 18.7 Å². The van der Waals surface area contributed by atoms with E-state index in [1.54, 1.807) is 0 Å². The van der Waals surface area contributed by atoms with Crippen molar-refractivity contribution in [2.45, 2.75) is 19.1 Å². The molecular weight excluding hydrogens is 380 g/mol. The molecular formula is C28H24N2O. The molecule has 0 aliphatic carbocycles. The lowest BCUT2D eigenvalue weighted by Crippen LogP contribution is -2.30. The first-order chi connectivity index (χ1) is 15.3. The van der Waals surface area contributed by atoms with Crippen LogP contribution in [0.4, 0.5) is 0 Å². The van der Waals surface area contributed by atoms with Gasteiger partial charge in [0.05, 0.1) is 6.04 Å². The molecule has 1 atom stereocenters. The maximum Gasteiger partial charge on any atom is 0.120 e. The Morgan fingerprint density at radius 2 is 1.65 bits per heavy atom. The van der Waals surface area contributed by atoms with Gasteiger partial charge in [-0.05, 0) is 58.1 Å². The van der Waals surface area contributed by atoms with Gasteiger partial charge >= 0.3 is 0 Å². The van der Waals surface area contributed by atoms with Gasteiger partial charge in [0.2, 0.25) is 0 Å². The lowest BCUT2D eigenvalue weighted by atomic mass is 9.93. The Hall–Kier alpha value is -3.56. The Labute approximate surface area is 181 Å².